The summed E-state index contributed by atoms with van der Waals surface area (Å²) in [4.78, 5) is 13.1. The Morgan fingerprint density at radius 2 is 1.79 bits per heavy atom. The van der Waals surface area contributed by atoms with Crippen LogP contribution in [0.1, 0.15) is 17.8 Å². The Bertz CT molecular complexity index is 1040. The van der Waals surface area contributed by atoms with Gasteiger partial charge in [0.15, 0.2) is 0 Å². The van der Waals surface area contributed by atoms with Gasteiger partial charge >= 0.3 is 0 Å². The highest BCUT2D eigenvalue weighted by Crippen LogP contribution is 2.27. The highest BCUT2D eigenvalue weighted by molar-refractivity contribution is 5.77. The van der Waals surface area contributed by atoms with Crippen molar-refractivity contribution in [3.63, 3.8) is 0 Å². The molecule has 6 heteroatoms. The van der Waals surface area contributed by atoms with Crippen molar-refractivity contribution in [2.75, 3.05) is 6.54 Å². The molecule has 1 aliphatic rings. The van der Waals surface area contributed by atoms with Gasteiger partial charge in [0, 0.05) is 12.4 Å². The number of benzene rings is 2. The molecule has 2 N–H and O–H groups in total. The van der Waals surface area contributed by atoms with E-state index in [2.05, 4.69) is 0 Å². The Hall–Kier alpha value is -3.80. The van der Waals surface area contributed by atoms with Crippen molar-refractivity contribution in [1.82, 2.24) is 14.7 Å². The predicted molar refractivity (Wildman–Crippen MR) is 112 cm³/mol. The number of nitrogens with two attached hydrogens (primary N) is 1. The lowest BCUT2D eigenvalue weighted by atomic mass is 10.1. The van der Waals surface area contributed by atoms with Crippen molar-refractivity contribution in [2.24, 2.45) is 5.73 Å². The molecule has 2 aromatic carbocycles. The molecular weight excluding hydrogens is 364 g/mol. The number of allylic oxidation sites excluding steroid dienone is 2. The fourth-order valence-corrected chi connectivity index (χ4v) is 3.23. The van der Waals surface area contributed by atoms with Gasteiger partial charge in [0.2, 0.25) is 5.91 Å². The smallest absolute Gasteiger partial charge is 0.237 e. The lowest BCUT2D eigenvalue weighted by molar-refractivity contribution is -0.118. The Morgan fingerprint density at radius 3 is 2.52 bits per heavy atom. The second-order valence-electron chi connectivity index (χ2n) is 6.75. The Labute approximate surface area is 169 Å². The van der Waals surface area contributed by atoms with E-state index in [-0.39, 0.29) is 12.5 Å². The number of ether oxygens (including phenoxy) is 1. The molecule has 6 nitrogen and oxygen atoms in total. The number of amides is 1. The second-order valence-corrected chi connectivity index (χ2v) is 6.75. The van der Waals surface area contributed by atoms with Crippen molar-refractivity contribution in [2.45, 2.75) is 13.0 Å². The summed E-state index contributed by atoms with van der Waals surface area (Å²) >= 11 is 0. The van der Waals surface area contributed by atoms with Crippen LogP contribution in [0, 0.1) is 0 Å². The molecule has 29 heavy (non-hydrogen) atoms. The minimum absolute atomic E-state index is 0.142. The first-order valence-electron chi connectivity index (χ1n) is 9.43. The van der Waals surface area contributed by atoms with E-state index in [1.54, 1.807) is 4.90 Å². The maximum absolute atomic E-state index is 11.3. The van der Waals surface area contributed by atoms with Crippen LogP contribution in [0.2, 0.25) is 0 Å². The molecule has 1 aromatic heterocycles. The van der Waals surface area contributed by atoms with Crippen molar-refractivity contribution >= 4 is 11.5 Å². The van der Waals surface area contributed by atoms with Crippen LogP contribution < -0.4 is 10.5 Å². The fraction of sp³-hybridized carbons (Fsp3) is 0.130. The van der Waals surface area contributed by atoms with Gasteiger partial charge in [0.1, 0.15) is 24.6 Å². The van der Waals surface area contributed by atoms with Gasteiger partial charge in [0.05, 0.1) is 11.4 Å². The van der Waals surface area contributed by atoms with Gasteiger partial charge < -0.3 is 15.4 Å². The minimum atomic E-state index is -0.374. The molecule has 0 saturated carbocycles. The third-order valence-electron chi connectivity index (χ3n) is 4.51. The summed E-state index contributed by atoms with van der Waals surface area (Å²) in [7, 11) is 0. The number of nitrogens with zero attached hydrogens (tertiary/aromatic N) is 3. The van der Waals surface area contributed by atoms with Crippen LogP contribution in [0.25, 0.3) is 11.3 Å². The van der Waals surface area contributed by atoms with Crippen LogP contribution in [0.3, 0.4) is 0 Å². The standard InChI is InChI=1S/C23H22N4O2/c24-23(28)16-26-13-7-8-18(15-26)22-14-19(17-29-21-11-5-2-6-12-21)25-27(22)20-9-3-1-4-10-20/h1-7,9-15H,8,16-17H2,(H2,24,28). The molecule has 146 valence electrons. The van der Waals surface area contributed by atoms with Crippen LogP contribution in [0.15, 0.2) is 85.2 Å². The van der Waals surface area contributed by atoms with Gasteiger partial charge in [-0.3, -0.25) is 4.79 Å². The van der Waals surface area contributed by atoms with Gasteiger partial charge in [-0.1, -0.05) is 42.5 Å². The number of aromatic nitrogens is 2. The molecule has 0 unspecified atom stereocenters. The van der Waals surface area contributed by atoms with Crippen LogP contribution in [0.5, 0.6) is 5.75 Å². The Balaban J connectivity index is 1.65. The molecule has 0 atom stereocenters. The second kappa shape index (κ2) is 8.48. The predicted octanol–water partition coefficient (Wildman–Crippen LogP) is 3.50. The van der Waals surface area contributed by atoms with E-state index in [1.165, 1.54) is 0 Å². The number of primary amides is 1. The topological polar surface area (TPSA) is 73.4 Å². The molecular formula is C23H22N4O2. The average Bonchev–Trinajstić information content (AvgIpc) is 3.18. The number of rotatable bonds is 7. The molecule has 0 saturated heterocycles. The lowest BCUT2D eigenvalue weighted by Gasteiger charge is -2.20. The summed E-state index contributed by atoms with van der Waals surface area (Å²) in [6.07, 6.45) is 6.58. The first kappa shape index (κ1) is 18.6. The fourth-order valence-electron chi connectivity index (χ4n) is 3.23. The first-order valence-corrected chi connectivity index (χ1v) is 9.43. The zero-order valence-corrected chi connectivity index (χ0v) is 15.9. The van der Waals surface area contributed by atoms with Crippen LogP contribution in [0.4, 0.5) is 0 Å². The SMILES string of the molecule is NC(=O)CN1C=CCC(c2cc(COc3ccccc3)nn2-c2ccccc2)=C1. The van der Waals surface area contributed by atoms with E-state index >= 15 is 0 Å². The molecule has 1 amide bonds. The Morgan fingerprint density at radius 1 is 1.07 bits per heavy atom. The van der Waals surface area contributed by atoms with Crippen LogP contribution in [-0.2, 0) is 11.4 Å². The molecule has 0 aliphatic carbocycles. The van der Waals surface area contributed by atoms with Crippen LogP contribution >= 0.6 is 0 Å². The number of para-hydroxylation sites is 2. The summed E-state index contributed by atoms with van der Waals surface area (Å²) in [6.45, 7) is 0.508. The van der Waals surface area contributed by atoms with Gasteiger partial charge in [-0.05, 0) is 42.3 Å². The quantitative estimate of drug-likeness (QED) is 0.675. The van der Waals surface area contributed by atoms with Gasteiger partial charge in [0.25, 0.3) is 0 Å². The van der Waals surface area contributed by atoms with Crippen LogP contribution in [-0.4, -0.2) is 27.1 Å². The summed E-state index contributed by atoms with van der Waals surface area (Å²) < 4.78 is 7.79. The highest BCUT2D eigenvalue weighted by Gasteiger charge is 2.17. The normalized spacial score (nSPS) is 13.2. The van der Waals surface area contributed by atoms with Gasteiger partial charge in [-0.25, -0.2) is 4.68 Å². The van der Waals surface area contributed by atoms with Gasteiger partial charge in [-0.2, -0.15) is 5.10 Å². The monoisotopic (exact) mass is 386 g/mol. The van der Waals surface area contributed by atoms with E-state index in [1.807, 2.05) is 89.9 Å². The minimum Gasteiger partial charge on any atom is -0.487 e. The number of hydrogen-bond donors (Lipinski definition) is 1. The maximum atomic E-state index is 11.3. The Kier molecular flexibility index (Phi) is 5.42. The van der Waals surface area contributed by atoms with E-state index < -0.39 is 0 Å². The summed E-state index contributed by atoms with van der Waals surface area (Å²) in [5.41, 5.74) is 9.15. The zero-order valence-electron chi connectivity index (χ0n) is 15.9. The van der Waals surface area contributed by atoms with Crippen molar-refractivity contribution in [3.8, 4) is 11.4 Å². The molecule has 2 heterocycles. The average molecular weight is 386 g/mol. The van der Waals surface area contributed by atoms with E-state index in [9.17, 15) is 4.79 Å². The third-order valence-corrected chi connectivity index (χ3v) is 4.51. The lowest BCUT2D eigenvalue weighted by Crippen LogP contribution is -2.27. The van der Waals surface area contributed by atoms with Gasteiger partial charge in [-0.15, -0.1) is 0 Å². The summed E-state index contributed by atoms with van der Waals surface area (Å²) in [5, 5.41) is 4.77. The van der Waals surface area contributed by atoms with Crippen molar-refractivity contribution < 1.29 is 9.53 Å². The highest BCUT2D eigenvalue weighted by atomic mass is 16.5. The van der Waals surface area contributed by atoms with E-state index in [0.29, 0.717) is 6.61 Å². The molecule has 0 radical (unpaired) electrons. The van der Waals surface area contributed by atoms with E-state index in [4.69, 9.17) is 15.6 Å². The molecule has 0 spiro atoms. The maximum Gasteiger partial charge on any atom is 0.237 e. The largest absolute Gasteiger partial charge is 0.487 e. The molecule has 1 aliphatic heterocycles. The first-order chi connectivity index (χ1) is 14.2. The third kappa shape index (κ3) is 4.55. The molecule has 3 aromatic rings. The van der Waals surface area contributed by atoms with Crippen molar-refractivity contribution in [1.29, 1.82) is 0 Å². The summed E-state index contributed by atoms with van der Waals surface area (Å²) in [6, 6.07) is 21.7. The number of hydrogen-bond acceptors (Lipinski definition) is 4. The molecule has 0 bridgehead atoms. The molecule has 4 rings (SSSR count). The molecule has 0 fully saturated rings. The number of carbonyl (C=O) groups is 1. The zero-order chi connectivity index (χ0) is 20.1. The van der Waals surface area contributed by atoms with Crippen molar-refractivity contribution in [3.05, 3.63) is 96.6 Å². The number of carbonyl (C=O) groups excluding carboxylic acids is 1. The summed E-state index contributed by atoms with van der Waals surface area (Å²) in [5.74, 6) is 0.427. The van der Waals surface area contributed by atoms with E-state index in [0.717, 1.165) is 34.8 Å².